The van der Waals surface area contributed by atoms with Crippen molar-refractivity contribution in [1.29, 1.82) is 0 Å². The first-order chi connectivity index (χ1) is 19.3. The number of aromatic nitrogens is 5. The topological polar surface area (TPSA) is 89.0 Å². The van der Waals surface area contributed by atoms with Crippen LogP contribution >= 0.6 is 11.6 Å². The van der Waals surface area contributed by atoms with Crippen LogP contribution in [0.5, 0.6) is 0 Å². The van der Waals surface area contributed by atoms with E-state index in [1.54, 1.807) is 6.07 Å². The van der Waals surface area contributed by atoms with Crippen molar-refractivity contribution < 1.29 is 8.78 Å². The lowest BCUT2D eigenvalue weighted by Gasteiger charge is -2.41. The number of nitrogen functional groups attached to an aromatic ring is 1. The van der Waals surface area contributed by atoms with Crippen LogP contribution in [-0.2, 0) is 13.0 Å². The maximum absolute atomic E-state index is 15.3. The second-order valence-corrected chi connectivity index (χ2v) is 11.5. The molecule has 2 saturated heterocycles. The third kappa shape index (κ3) is 5.27. The molecule has 0 amide bonds. The molecule has 1 aromatic carbocycles. The first kappa shape index (κ1) is 27.0. The molecule has 0 spiro atoms. The van der Waals surface area contributed by atoms with Crippen LogP contribution < -0.4 is 5.73 Å². The van der Waals surface area contributed by atoms with Crippen LogP contribution in [0.3, 0.4) is 0 Å². The maximum Gasteiger partial charge on any atom is 0.222 e. The molecule has 8 nitrogen and oxygen atoms in total. The fourth-order valence-corrected chi connectivity index (χ4v) is 6.49. The highest BCUT2D eigenvalue weighted by molar-refractivity contribution is 6.28. The molecule has 2 fully saturated rings. The lowest BCUT2D eigenvalue weighted by Crippen LogP contribution is -2.53. The van der Waals surface area contributed by atoms with Crippen molar-refractivity contribution in [2.24, 2.45) is 0 Å². The van der Waals surface area contributed by atoms with Gasteiger partial charge in [0.05, 0.1) is 11.7 Å². The van der Waals surface area contributed by atoms with E-state index in [2.05, 4.69) is 43.2 Å². The number of nitrogens with two attached hydrogens (primary N) is 1. The molecule has 2 unspecified atom stereocenters. The Bertz CT molecular complexity index is 1510. The number of hydrogen-bond donors (Lipinski definition) is 1. The zero-order valence-corrected chi connectivity index (χ0v) is 23.5. The molecule has 40 heavy (non-hydrogen) atoms. The van der Waals surface area contributed by atoms with Gasteiger partial charge < -0.3 is 15.2 Å². The number of piperazine rings is 1. The first-order valence-electron chi connectivity index (χ1n) is 13.8. The maximum atomic E-state index is 15.3. The van der Waals surface area contributed by atoms with E-state index in [0.717, 1.165) is 56.6 Å². The molecule has 0 saturated carbocycles. The van der Waals surface area contributed by atoms with Crippen LogP contribution in [0.2, 0.25) is 5.28 Å². The monoisotopic (exact) mass is 566 g/mol. The molecule has 5 heterocycles. The van der Waals surface area contributed by atoms with Crippen LogP contribution in [0.4, 0.5) is 14.6 Å². The van der Waals surface area contributed by atoms with Crippen LogP contribution in [-0.4, -0.2) is 66.0 Å². The first-order valence-corrected chi connectivity index (χ1v) is 14.2. The number of aryl methyl sites for hydroxylation is 1. The van der Waals surface area contributed by atoms with E-state index >= 15 is 4.39 Å². The van der Waals surface area contributed by atoms with Gasteiger partial charge in [0.2, 0.25) is 5.28 Å². The van der Waals surface area contributed by atoms with Crippen molar-refractivity contribution in [2.75, 3.05) is 25.4 Å². The van der Waals surface area contributed by atoms with E-state index in [1.807, 2.05) is 12.4 Å². The summed E-state index contributed by atoms with van der Waals surface area (Å²) in [6.45, 7) is 7.99. The highest BCUT2D eigenvalue weighted by Gasteiger charge is 2.39. The minimum Gasteiger partial charge on any atom is -0.384 e. The van der Waals surface area contributed by atoms with Gasteiger partial charge in [-0.15, -0.1) is 0 Å². The summed E-state index contributed by atoms with van der Waals surface area (Å²) in [5, 5.41) is 0.276. The van der Waals surface area contributed by atoms with Crippen molar-refractivity contribution in [3.05, 3.63) is 65.1 Å². The number of rotatable bonds is 8. The molecule has 2 aliphatic heterocycles. The predicted molar refractivity (Wildman–Crippen MR) is 152 cm³/mol. The summed E-state index contributed by atoms with van der Waals surface area (Å²) in [7, 11) is 0. The highest BCUT2D eigenvalue weighted by atomic mass is 35.5. The number of imidazole rings is 1. The summed E-state index contributed by atoms with van der Waals surface area (Å²) in [5.74, 6) is 0.0180. The Morgan fingerprint density at radius 1 is 1.00 bits per heavy atom. The average Bonchev–Trinajstić information content (AvgIpc) is 3.40. The number of pyridine rings is 1. The normalized spacial score (nSPS) is 19.8. The van der Waals surface area contributed by atoms with Gasteiger partial charge in [0, 0.05) is 67.7 Å². The van der Waals surface area contributed by atoms with Crippen molar-refractivity contribution in [2.45, 2.75) is 64.2 Å². The molecule has 0 radical (unpaired) electrons. The van der Waals surface area contributed by atoms with Crippen molar-refractivity contribution in [1.82, 2.24) is 34.3 Å². The smallest absolute Gasteiger partial charge is 0.222 e. The minimum absolute atomic E-state index is 0.0678. The third-order valence-corrected chi connectivity index (χ3v) is 8.34. The Morgan fingerprint density at radius 3 is 2.42 bits per heavy atom. The van der Waals surface area contributed by atoms with Crippen molar-refractivity contribution in [3.63, 3.8) is 0 Å². The molecule has 6 rings (SSSR count). The fraction of sp³-hybridized carbons (Fsp3) is 0.448. The summed E-state index contributed by atoms with van der Waals surface area (Å²) >= 11 is 5.85. The molecule has 2 atom stereocenters. The van der Waals surface area contributed by atoms with Gasteiger partial charge in [-0.05, 0) is 75.0 Å². The number of hydrogen-bond acceptors (Lipinski definition) is 7. The molecule has 2 bridgehead atoms. The van der Waals surface area contributed by atoms with Gasteiger partial charge in [-0.2, -0.15) is 0 Å². The van der Waals surface area contributed by atoms with Crippen LogP contribution in [0.25, 0.3) is 22.2 Å². The summed E-state index contributed by atoms with van der Waals surface area (Å²) < 4.78 is 31.9. The Kier molecular flexibility index (Phi) is 7.41. The molecule has 2 N–H and O–H groups in total. The molecule has 4 aromatic rings. The standard InChI is InChI=1S/C29H33ClF2N8/c1-17(2)40-25-9-19(22-10-26(33)34-13-24(22)32)8-23(31)28(25)37-27(40)4-3-7-38-15-20-5-6-21(16-38)39(20)14-18-11-35-29(30)36-12-18/h8-13,17,20-21H,3-7,14-16H2,1-2H3,(H2,33,34). The van der Waals surface area contributed by atoms with Crippen molar-refractivity contribution >= 4 is 28.5 Å². The highest BCUT2D eigenvalue weighted by Crippen LogP contribution is 2.33. The lowest BCUT2D eigenvalue weighted by molar-refractivity contribution is 0.0602. The summed E-state index contributed by atoms with van der Waals surface area (Å²) in [6, 6.07) is 5.67. The Balaban J connectivity index is 1.15. The van der Waals surface area contributed by atoms with Crippen LogP contribution in [0.1, 0.15) is 50.5 Å². The molecule has 11 heteroatoms. The number of anilines is 1. The van der Waals surface area contributed by atoms with Gasteiger partial charge in [-0.25, -0.2) is 28.7 Å². The second-order valence-electron chi connectivity index (χ2n) is 11.2. The van der Waals surface area contributed by atoms with Crippen LogP contribution in [0.15, 0.2) is 36.8 Å². The summed E-state index contributed by atoms with van der Waals surface area (Å²) in [6.07, 6.45) is 8.75. The van der Waals surface area contributed by atoms with Gasteiger partial charge in [0.15, 0.2) is 5.82 Å². The molecular formula is C29H33ClF2N8. The van der Waals surface area contributed by atoms with Crippen molar-refractivity contribution in [3.8, 4) is 11.1 Å². The van der Waals surface area contributed by atoms with Gasteiger partial charge >= 0.3 is 0 Å². The second kappa shape index (κ2) is 11.0. The zero-order valence-electron chi connectivity index (χ0n) is 22.7. The van der Waals surface area contributed by atoms with Gasteiger partial charge in [0.1, 0.15) is 23.0 Å². The van der Waals surface area contributed by atoms with E-state index < -0.39 is 11.6 Å². The van der Waals surface area contributed by atoms with E-state index in [9.17, 15) is 4.39 Å². The third-order valence-electron chi connectivity index (χ3n) is 8.15. The number of fused-ring (bicyclic) bond motifs is 3. The molecule has 0 aliphatic carbocycles. The van der Waals surface area contributed by atoms with E-state index in [4.69, 9.17) is 22.3 Å². The number of benzene rings is 1. The number of nitrogens with zero attached hydrogens (tertiary/aromatic N) is 7. The summed E-state index contributed by atoms with van der Waals surface area (Å²) in [4.78, 5) is 21.9. The lowest BCUT2D eigenvalue weighted by atomic mass is 10.0. The number of halogens is 3. The molecule has 2 aliphatic rings. The number of likely N-dealkylation sites (tertiary alicyclic amines) is 1. The minimum atomic E-state index is -0.542. The van der Waals surface area contributed by atoms with E-state index in [-0.39, 0.29) is 22.7 Å². The van der Waals surface area contributed by atoms with Crippen LogP contribution in [0, 0.1) is 11.6 Å². The zero-order chi connectivity index (χ0) is 28.0. The Labute approximate surface area is 237 Å². The van der Waals surface area contributed by atoms with E-state index in [1.165, 1.54) is 25.0 Å². The van der Waals surface area contributed by atoms with Gasteiger partial charge in [0.25, 0.3) is 0 Å². The summed E-state index contributed by atoms with van der Waals surface area (Å²) in [5.41, 5.74) is 8.49. The quantitative estimate of drug-likeness (QED) is 0.291. The Hall–Kier alpha value is -3.21. The van der Waals surface area contributed by atoms with Gasteiger partial charge in [-0.3, -0.25) is 4.90 Å². The average molecular weight is 567 g/mol. The molecular weight excluding hydrogens is 534 g/mol. The van der Waals surface area contributed by atoms with Gasteiger partial charge in [-0.1, -0.05) is 0 Å². The molecule has 210 valence electrons. The predicted octanol–water partition coefficient (Wildman–Crippen LogP) is 5.26. The molecule has 3 aromatic heterocycles. The fourth-order valence-electron chi connectivity index (χ4n) is 6.40. The Morgan fingerprint density at radius 2 is 1.73 bits per heavy atom. The van der Waals surface area contributed by atoms with E-state index in [0.29, 0.717) is 28.7 Å². The largest absolute Gasteiger partial charge is 0.384 e. The SMILES string of the molecule is CC(C)n1c(CCCN2CC3CCC(C2)N3Cc2cnc(Cl)nc2)nc2c(F)cc(-c3cc(N)ncc3F)cc21.